The average Bonchev–Trinajstić information content (AvgIpc) is 2.94. The maximum atomic E-state index is 11.5. The molecule has 0 radical (unpaired) electrons. The van der Waals surface area contributed by atoms with Crippen molar-refractivity contribution in [3.05, 3.63) is 17.0 Å². The molecule has 1 aromatic rings. The second-order valence-corrected chi connectivity index (χ2v) is 7.24. The van der Waals surface area contributed by atoms with Gasteiger partial charge in [0.25, 0.3) is 0 Å². The fourth-order valence-electron chi connectivity index (χ4n) is 3.84. The van der Waals surface area contributed by atoms with Crippen LogP contribution in [0.1, 0.15) is 47.9 Å². The Kier molecular flexibility index (Phi) is 4.94. The average molecular weight is 336 g/mol. The lowest BCUT2D eigenvalue weighted by atomic mass is 9.88. The van der Waals surface area contributed by atoms with Crippen LogP contribution in [0, 0.1) is 0 Å². The molecule has 0 spiro atoms. The molecule has 134 valence electrons. The molecule has 24 heavy (non-hydrogen) atoms. The third-order valence-corrected chi connectivity index (χ3v) is 5.49. The number of piperidine rings is 1. The summed E-state index contributed by atoms with van der Waals surface area (Å²) in [6.07, 6.45) is 4.02. The lowest BCUT2D eigenvalue weighted by Crippen LogP contribution is -2.51. The van der Waals surface area contributed by atoms with E-state index in [2.05, 4.69) is 22.4 Å². The van der Waals surface area contributed by atoms with Crippen LogP contribution in [0.15, 0.2) is 0 Å². The van der Waals surface area contributed by atoms with Crippen LogP contribution < -0.4 is 5.32 Å². The van der Waals surface area contributed by atoms with Crippen molar-refractivity contribution in [3.8, 4) is 0 Å². The molecule has 1 fully saturated rings. The molecule has 7 nitrogen and oxygen atoms in total. The Balaban J connectivity index is 1.65. The van der Waals surface area contributed by atoms with E-state index in [1.807, 2.05) is 11.6 Å². The minimum absolute atomic E-state index is 0.191. The third kappa shape index (κ3) is 3.48. The molecule has 3 rings (SSSR count). The minimum Gasteiger partial charge on any atom is -0.476 e. The van der Waals surface area contributed by atoms with Crippen molar-refractivity contribution in [2.75, 3.05) is 26.7 Å². The molecular weight excluding hydrogens is 308 g/mol. The molecule has 0 bridgehead atoms. The van der Waals surface area contributed by atoms with E-state index in [0.717, 1.165) is 50.0 Å². The van der Waals surface area contributed by atoms with Gasteiger partial charge in [-0.25, -0.2) is 4.79 Å². The number of rotatable bonds is 5. The van der Waals surface area contributed by atoms with Gasteiger partial charge in [0.05, 0.1) is 5.60 Å². The van der Waals surface area contributed by atoms with Crippen LogP contribution >= 0.6 is 0 Å². The molecule has 1 aromatic heterocycles. The number of aromatic carboxylic acids is 1. The Morgan fingerprint density at radius 1 is 1.42 bits per heavy atom. The van der Waals surface area contributed by atoms with E-state index in [4.69, 9.17) is 0 Å². The Morgan fingerprint density at radius 2 is 2.12 bits per heavy atom. The van der Waals surface area contributed by atoms with Gasteiger partial charge in [-0.2, -0.15) is 5.10 Å². The first kappa shape index (κ1) is 17.4. The Labute approximate surface area is 142 Å². The SMILES string of the molecule is CCn1nc(C(=O)O)c2c1CC[C@@H](NCC1(O)CCN(C)CC1)C2. The number of nitrogens with one attached hydrogen (secondary N) is 1. The molecular formula is C17H28N4O3. The van der Waals surface area contributed by atoms with Crippen molar-refractivity contribution in [1.82, 2.24) is 20.0 Å². The molecule has 0 aromatic carbocycles. The van der Waals surface area contributed by atoms with E-state index in [1.165, 1.54) is 0 Å². The van der Waals surface area contributed by atoms with Crippen LogP contribution in [0.3, 0.4) is 0 Å². The summed E-state index contributed by atoms with van der Waals surface area (Å²) in [5.41, 5.74) is 1.47. The number of aliphatic hydroxyl groups is 1. The zero-order valence-electron chi connectivity index (χ0n) is 14.6. The molecule has 1 saturated heterocycles. The van der Waals surface area contributed by atoms with Crippen molar-refractivity contribution in [2.45, 2.75) is 57.2 Å². The summed E-state index contributed by atoms with van der Waals surface area (Å²) in [4.78, 5) is 13.7. The van der Waals surface area contributed by atoms with Crippen molar-refractivity contribution in [3.63, 3.8) is 0 Å². The van der Waals surface area contributed by atoms with Gasteiger partial charge in [-0.05, 0) is 46.1 Å². The molecule has 1 aliphatic heterocycles. The predicted molar refractivity (Wildman–Crippen MR) is 90.4 cm³/mol. The lowest BCUT2D eigenvalue weighted by molar-refractivity contribution is -0.0165. The van der Waals surface area contributed by atoms with Gasteiger partial charge in [0.15, 0.2) is 5.69 Å². The predicted octanol–water partition coefficient (Wildman–Crippen LogP) is 0.505. The van der Waals surface area contributed by atoms with Crippen LogP contribution in [-0.4, -0.2) is 69.2 Å². The Morgan fingerprint density at radius 3 is 2.75 bits per heavy atom. The maximum Gasteiger partial charge on any atom is 0.356 e. The van der Waals surface area contributed by atoms with Gasteiger partial charge in [0.2, 0.25) is 0 Å². The van der Waals surface area contributed by atoms with E-state index in [1.54, 1.807) is 0 Å². The Hall–Kier alpha value is -1.44. The minimum atomic E-state index is -0.951. The third-order valence-electron chi connectivity index (χ3n) is 5.49. The first-order valence-corrected chi connectivity index (χ1v) is 8.88. The molecule has 2 aliphatic rings. The molecule has 2 heterocycles. The summed E-state index contributed by atoms with van der Waals surface area (Å²) in [6.45, 7) is 5.09. The monoisotopic (exact) mass is 336 g/mol. The smallest absolute Gasteiger partial charge is 0.356 e. The zero-order valence-corrected chi connectivity index (χ0v) is 14.6. The summed E-state index contributed by atoms with van der Waals surface area (Å²) in [6, 6.07) is 0.203. The van der Waals surface area contributed by atoms with Crippen LogP contribution in [0.5, 0.6) is 0 Å². The number of carboxylic acids is 1. The fourth-order valence-corrected chi connectivity index (χ4v) is 3.84. The summed E-state index contributed by atoms with van der Waals surface area (Å²) in [7, 11) is 2.08. The highest BCUT2D eigenvalue weighted by molar-refractivity contribution is 5.87. The highest BCUT2D eigenvalue weighted by Crippen LogP contribution is 2.26. The van der Waals surface area contributed by atoms with Gasteiger partial charge in [0.1, 0.15) is 0 Å². The number of carboxylic acid groups (broad SMARTS) is 1. The highest BCUT2D eigenvalue weighted by atomic mass is 16.4. The van der Waals surface area contributed by atoms with E-state index >= 15 is 0 Å². The van der Waals surface area contributed by atoms with Crippen molar-refractivity contribution in [2.24, 2.45) is 0 Å². The van der Waals surface area contributed by atoms with E-state index in [9.17, 15) is 15.0 Å². The largest absolute Gasteiger partial charge is 0.476 e. The number of aryl methyl sites for hydroxylation is 1. The number of hydrogen-bond donors (Lipinski definition) is 3. The highest BCUT2D eigenvalue weighted by Gasteiger charge is 2.33. The molecule has 0 amide bonds. The van der Waals surface area contributed by atoms with E-state index in [-0.39, 0.29) is 11.7 Å². The van der Waals surface area contributed by atoms with E-state index in [0.29, 0.717) is 19.5 Å². The van der Waals surface area contributed by atoms with Gasteiger partial charge < -0.3 is 20.4 Å². The molecule has 1 atom stereocenters. The first-order chi connectivity index (χ1) is 11.4. The van der Waals surface area contributed by atoms with E-state index < -0.39 is 11.6 Å². The second kappa shape index (κ2) is 6.82. The quantitative estimate of drug-likeness (QED) is 0.726. The van der Waals surface area contributed by atoms with Crippen LogP contribution in [0.4, 0.5) is 0 Å². The molecule has 7 heteroatoms. The van der Waals surface area contributed by atoms with Gasteiger partial charge >= 0.3 is 5.97 Å². The fraction of sp³-hybridized carbons (Fsp3) is 0.765. The summed E-state index contributed by atoms with van der Waals surface area (Å²) >= 11 is 0. The zero-order chi connectivity index (χ0) is 17.3. The van der Waals surface area contributed by atoms with Gasteiger partial charge in [-0.1, -0.05) is 0 Å². The van der Waals surface area contributed by atoms with Crippen molar-refractivity contribution >= 4 is 5.97 Å². The van der Waals surface area contributed by atoms with Crippen molar-refractivity contribution < 1.29 is 15.0 Å². The van der Waals surface area contributed by atoms with Gasteiger partial charge in [-0.15, -0.1) is 0 Å². The van der Waals surface area contributed by atoms with Crippen LogP contribution in [-0.2, 0) is 19.4 Å². The second-order valence-electron chi connectivity index (χ2n) is 7.24. The topological polar surface area (TPSA) is 90.6 Å². The first-order valence-electron chi connectivity index (χ1n) is 8.88. The van der Waals surface area contributed by atoms with Gasteiger partial charge in [-0.3, -0.25) is 4.68 Å². The molecule has 0 saturated carbocycles. The number of likely N-dealkylation sites (tertiary alicyclic amines) is 1. The summed E-state index contributed by atoms with van der Waals surface area (Å²) in [5, 5.41) is 27.8. The molecule has 3 N–H and O–H groups in total. The number of carbonyl (C=O) groups is 1. The molecule has 1 aliphatic carbocycles. The van der Waals surface area contributed by atoms with Gasteiger partial charge in [0, 0.05) is 43.5 Å². The standard InChI is InChI=1S/C17H28N4O3/c1-3-21-14-5-4-12(10-13(14)15(19-21)16(22)23)18-11-17(24)6-8-20(2)9-7-17/h12,18,24H,3-11H2,1-2H3,(H,22,23)/t12-/m1/s1. The Bertz CT molecular complexity index is 605. The number of hydrogen-bond acceptors (Lipinski definition) is 5. The summed E-state index contributed by atoms with van der Waals surface area (Å²) < 4.78 is 1.82. The number of nitrogens with zero attached hydrogens (tertiary/aromatic N) is 3. The number of aromatic nitrogens is 2. The normalized spacial score (nSPS) is 23.9. The van der Waals surface area contributed by atoms with Crippen LogP contribution in [0.25, 0.3) is 0 Å². The van der Waals surface area contributed by atoms with Crippen molar-refractivity contribution in [1.29, 1.82) is 0 Å². The molecule has 0 unspecified atom stereocenters. The van der Waals surface area contributed by atoms with Crippen LogP contribution in [0.2, 0.25) is 0 Å². The number of fused-ring (bicyclic) bond motifs is 1. The summed E-state index contributed by atoms with van der Waals surface area (Å²) in [5.74, 6) is -0.951. The maximum absolute atomic E-state index is 11.5. The lowest BCUT2D eigenvalue weighted by Gasteiger charge is -2.38.